The van der Waals surface area contributed by atoms with Crippen molar-refractivity contribution < 1.29 is 23.9 Å². The highest BCUT2D eigenvalue weighted by atomic mass is 79.9. The molecule has 150 valence electrons. The van der Waals surface area contributed by atoms with Gasteiger partial charge in [-0.2, -0.15) is 0 Å². The zero-order chi connectivity index (χ0) is 20.3. The van der Waals surface area contributed by atoms with Crippen molar-refractivity contribution in [1.82, 2.24) is 10.2 Å². The summed E-state index contributed by atoms with van der Waals surface area (Å²) in [6.45, 7) is 1.83. The number of urea groups is 1. The lowest BCUT2D eigenvalue weighted by Gasteiger charge is -2.33. The predicted octanol–water partition coefficient (Wildman–Crippen LogP) is 2.60. The van der Waals surface area contributed by atoms with Crippen molar-refractivity contribution in [2.24, 2.45) is 5.92 Å². The van der Waals surface area contributed by atoms with Crippen molar-refractivity contribution in [3.8, 4) is 0 Å². The maximum Gasteiger partial charge on any atom is 0.325 e. The van der Waals surface area contributed by atoms with Crippen LogP contribution in [0.5, 0.6) is 0 Å². The number of imide groups is 1. The fraction of sp³-hybridized carbons (Fsp3) is 0.500. The summed E-state index contributed by atoms with van der Waals surface area (Å²) in [6.07, 6.45) is 1.86. The van der Waals surface area contributed by atoms with Crippen LogP contribution in [0.2, 0.25) is 0 Å². The Balaban J connectivity index is 1.60. The van der Waals surface area contributed by atoms with Crippen LogP contribution >= 0.6 is 15.9 Å². The minimum Gasteiger partial charge on any atom is -0.466 e. The fourth-order valence-corrected chi connectivity index (χ4v) is 4.09. The Hall–Kier alpha value is -2.22. The van der Waals surface area contributed by atoms with Crippen LogP contribution in [0.25, 0.3) is 0 Å². The van der Waals surface area contributed by atoms with E-state index < -0.39 is 11.6 Å². The smallest absolute Gasteiger partial charge is 0.325 e. The number of hydrogen-bond donors (Lipinski definition) is 1. The van der Waals surface area contributed by atoms with Gasteiger partial charge in [-0.25, -0.2) is 4.79 Å². The lowest BCUT2D eigenvalue weighted by Crippen LogP contribution is -2.50. The Bertz CT molecular complexity index is 784. The molecule has 1 N–H and O–H groups in total. The second-order valence-electron chi connectivity index (χ2n) is 7.27. The predicted molar refractivity (Wildman–Crippen MR) is 104 cm³/mol. The van der Waals surface area contributed by atoms with Gasteiger partial charge < -0.3 is 10.1 Å². The summed E-state index contributed by atoms with van der Waals surface area (Å²) < 4.78 is 5.96. The van der Waals surface area contributed by atoms with Crippen LogP contribution < -0.4 is 5.32 Å². The second kappa shape index (κ2) is 8.43. The van der Waals surface area contributed by atoms with E-state index in [1.807, 2.05) is 24.3 Å². The molecule has 1 heterocycles. The molecule has 8 heteroatoms. The number of esters is 1. The molecule has 2 fully saturated rings. The van der Waals surface area contributed by atoms with Gasteiger partial charge in [0, 0.05) is 10.9 Å². The van der Waals surface area contributed by atoms with Crippen molar-refractivity contribution in [3.05, 3.63) is 34.3 Å². The first-order valence-corrected chi connectivity index (χ1v) is 10.2. The number of hydrogen-bond acceptors (Lipinski definition) is 5. The van der Waals surface area contributed by atoms with Crippen LogP contribution in [0.1, 0.15) is 38.2 Å². The summed E-state index contributed by atoms with van der Waals surface area (Å²) in [6, 6.07) is 6.79. The molecule has 1 spiro atoms. The number of ketones is 1. The SMILES string of the molecule is CCOC(=O)C1CCC2(CC1)NC(=O)N(CC(=O)Cc1ccc(Br)cc1)C2=O. The highest BCUT2D eigenvalue weighted by molar-refractivity contribution is 9.10. The molecule has 1 saturated carbocycles. The van der Waals surface area contributed by atoms with Gasteiger partial charge in [-0.3, -0.25) is 19.3 Å². The first-order valence-electron chi connectivity index (χ1n) is 9.41. The number of nitrogens with one attached hydrogen (secondary N) is 1. The number of halogens is 1. The summed E-state index contributed by atoms with van der Waals surface area (Å²) in [5, 5.41) is 2.76. The van der Waals surface area contributed by atoms with Crippen molar-refractivity contribution >= 4 is 39.6 Å². The zero-order valence-electron chi connectivity index (χ0n) is 15.7. The Morgan fingerprint density at radius 1 is 1.21 bits per heavy atom. The molecule has 1 aromatic carbocycles. The Morgan fingerprint density at radius 3 is 2.46 bits per heavy atom. The zero-order valence-corrected chi connectivity index (χ0v) is 17.3. The molecule has 0 unspecified atom stereocenters. The number of Topliss-reactive ketones (excluding diaryl/α,β-unsaturated/α-hetero) is 1. The van der Waals surface area contributed by atoms with E-state index in [9.17, 15) is 19.2 Å². The number of ether oxygens (including phenoxy) is 1. The standard InChI is InChI=1S/C20H23BrN2O5/c1-2-28-17(25)14-7-9-20(10-8-14)18(26)23(19(27)22-20)12-16(24)11-13-3-5-15(21)6-4-13/h3-6,14H,2,7-12H2,1H3,(H,22,27). The van der Waals surface area contributed by atoms with E-state index in [0.717, 1.165) is 14.9 Å². The number of carbonyl (C=O) groups is 4. The van der Waals surface area contributed by atoms with Gasteiger partial charge >= 0.3 is 12.0 Å². The molecule has 3 rings (SSSR count). The maximum atomic E-state index is 12.9. The van der Waals surface area contributed by atoms with Crippen LogP contribution in [-0.2, 0) is 25.5 Å². The molecule has 1 saturated heterocycles. The molecule has 2 aliphatic rings. The Kier molecular flexibility index (Phi) is 6.17. The molecular formula is C20H23BrN2O5. The number of amides is 3. The molecule has 7 nitrogen and oxygen atoms in total. The van der Waals surface area contributed by atoms with E-state index in [-0.39, 0.29) is 36.5 Å². The third-order valence-electron chi connectivity index (χ3n) is 5.35. The lowest BCUT2D eigenvalue weighted by atomic mass is 9.76. The fourth-order valence-electron chi connectivity index (χ4n) is 3.83. The Labute approximate surface area is 171 Å². The van der Waals surface area contributed by atoms with E-state index in [2.05, 4.69) is 21.2 Å². The van der Waals surface area contributed by atoms with Gasteiger partial charge in [-0.15, -0.1) is 0 Å². The third-order valence-corrected chi connectivity index (χ3v) is 5.88. The summed E-state index contributed by atoms with van der Waals surface area (Å²) >= 11 is 3.34. The highest BCUT2D eigenvalue weighted by Gasteiger charge is 2.53. The number of rotatable bonds is 6. The van der Waals surface area contributed by atoms with Crippen molar-refractivity contribution in [1.29, 1.82) is 0 Å². The van der Waals surface area contributed by atoms with Crippen LogP contribution in [-0.4, -0.2) is 47.3 Å². The molecule has 1 aromatic rings. The molecular weight excluding hydrogens is 428 g/mol. The second-order valence-corrected chi connectivity index (χ2v) is 8.19. The van der Waals surface area contributed by atoms with Gasteiger partial charge in [0.2, 0.25) is 0 Å². The number of nitrogens with zero attached hydrogens (tertiary/aromatic N) is 1. The minimum atomic E-state index is -1.00. The van der Waals surface area contributed by atoms with Crippen molar-refractivity contribution in [3.63, 3.8) is 0 Å². The maximum absolute atomic E-state index is 12.9. The lowest BCUT2D eigenvalue weighted by molar-refractivity contribution is -0.150. The molecule has 3 amide bonds. The van der Waals surface area contributed by atoms with Gasteiger partial charge in [0.1, 0.15) is 5.54 Å². The van der Waals surface area contributed by atoms with E-state index in [1.54, 1.807) is 6.92 Å². The monoisotopic (exact) mass is 450 g/mol. The van der Waals surface area contributed by atoms with Crippen LogP contribution in [0.4, 0.5) is 4.79 Å². The molecule has 1 aliphatic heterocycles. The van der Waals surface area contributed by atoms with Gasteiger partial charge in [-0.1, -0.05) is 28.1 Å². The van der Waals surface area contributed by atoms with Crippen LogP contribution in [0.15, 0.2) is 28.7 Å². The van der Waals surface area contributed by atoms with Gasteiger partial charge in [0.15, 0.2) is 5.78 Å². The van der Waals surface area contributed by atoms with Crippen molar-refractivity contribution in [2.75, 3.05) is 13.2 Å². The highest BCUT2D eigenvalue weighted by Crippen LogP contribution is 2.37. The third kappa shape index (κ3) is 4.27. The van der Waals surface area contributed by atoms with Gasteiger partial charge in [0.25, 0.3) is 5.91 Å². The average molecular weight is 451 g/mol. The number of carbonyl (C=O) groups excluding carboxylic acids is 4. The summed E-state index contributed by atoms with van der Waals surface area (Å²) in [5.41, 5.74) is -0.178. The van der Waals surface area contributed by atoms with Gasteiger partial charge in [-0.05, 0) is 50.3 Å². The molecule has 1 aliphatic carbocycles. The quantitative estimate of drug-likeness (QED) is 0.530. The molecule has 28 heavy (non-hydrogen) atoms. The first kappa shape index (κ1) is 20.5. The van der Waals surface area contributed by atoms with E-state index >= 15 is 0 Å². The van der Waals surface area contributed by atoms with E-state index in [4.69, 9.17) is 4.74 Å². The van der Waals surface area contributed by atoms with E-state index in [0.29, 0.717) is 32.3 Å². The largest absolute Gasteiger partial charge is 0.466 e. The van der Waals surface area contributed by atoms with E-state index in [1.165, 1.54) is 0 Å². The first-order chi connectivity index (χ1) is 13.3. The summed E-state index contributed by atoms with van der Waals surface area (Å²) in [4.78, 5) is 50.5. The summed E-state index contributed by atoms with van der Waals surface area (Å²) in [7, 11) is 0. The Morgan fingerprint density at radius 2 is 1.86 bits per heavy atom. The normalized spacial score (nSPS) is 24.4. The average Bonchev–Trinajstić information content (AvgIpc) is 2.88. The number of benzene rings is 1. The summed E-state index contributed by atoms with van der Waals surface area (Å²) in [5.74, 6) is -1.08. The van der Waals surface area contributed by atoms with Gasteiger partial charge in [0.05, 0.1) is 19.1 Å². The minimum absolute atomic E-state index is 0.155. The molecule has 0 atom stereocenters. The van der Waals surface area contributed by atoms with Crippen molar-refractivity contribution in [2.45, 2.75) is 44.6 Å². The topological polar surface area (TPSA) is 92.8 Å². The molecule has 0 bridgehead atoms. The van der Waals surface area contributed by atoms with Crippen LogP contribution in [0.3, 0.4) is 0 Å². The van der Waals surface area contributed by atoms with Crippen LogP contribution in [0, 0.1) is 5.92 Å². The molecule has 0 radical (unpaired) electrons. The molecule has 0 aromatic heterocycles.